The maximum Gasteiger partial charge on any atom is 0.251 e. The first kappa shape index (κ1) is 16.6. The smallest absolute Gasteiger partial charge is 0.251 e. The number of nitrogens with one attached hydrogen (secondary N) is 1. The first-order valence-electron chi connectivity index (χ1n) is 7.99. The number of carbonyl (C=O) groups excluding carboxylic acids is 1. The quantitative estimate of drug-likeness (QED) is 0.746. The molecule has 1 heterocycles. The highest BCUT2D eigenvalue weighted by atomic mass is 16.5. The first-order chi connectivity index (χ1) is 12.2. The minimum Gasteiger partial charge on any atom is -0.497 e. The molecule has 0 aliphatic heterocycles. The van der Waals surface area contributed by atoms with Crippen LogP contribution in [0.2, 0.25) is 0 Å². The third kappa shape index (κ3) is 3.82. The van der Waals surface area contributed by atoms with Crippen LogP contribution in [-0.4, -0.2) is 33.2 Å². The minimum atomic E-state index is -0.145. The van der Waals surface area contributed by atoms with Crippen LogP contribution in [0.3, 0.4) is 0 Å². The maximum absolute atomic E-state index is 12.4. The zero-order valence-corrected chi connectivity index (χ0v) is 14.1. The fourth-order valence-electron chi connectivity index (χ4n) is 2.45. The number of aromatic nitrogens is 4. The topological polar surface area (TPSA) is 81.9 Å². The molecule has 0 fully saturated rings. The molecule has 7 nitrogen and oxygen atoms in total. The highest BCUT2D eigenvalue weighted by Crippen LogP contribution is 2.17. The third-order valence-corrected chi connectivity index (χ3v) is 3.83. The molecule has 0 radical (unpaired) electrons. The van der Waals surface area contributed by atoms with Crippen LogP contribution in [0.25, 0.3) is 11.4 Å². The van der Waals surface area contributed by atoms with Gasteiger partial charge in [-0.1, -0.05) is 24.3 Å². The van der Waals surface area contributed by atoms with Gasteiger partial charge in [-0.15, -0.1) is 5.10 Å². The summed E-state index contributed by atoms with van der Waals surface area (Å²) in [6.07, 6.45) is 0. The number of hydrogen-bond acceptors (Lipinski definition) is 5. The van der Waals surface area contributed by atoms with Crippen molar-refractivity contribution in [3.05, 3.63) is 59.7 Å². The van der Waals surface area contributed by atoms with E-state index >= 15 is 0 Å². The molecular weight excluding hydrogens is 318 g/mol. The molecule has 0 saturated heterocycles. The van der Waals surface area contributed by atoms with Crippen molar-refractivity contribution >= 4 is 5.91 Å². The van der Waals surface area contributed by atoms with Crippen molar-refractivity contribution in [1.82, 2.24) is 25.5 Å². The number of hydrogen-bond donors (Lipinski definition) is 1. The standard InChI is InChI=1S/C18H19N5O2/c1-3-23-17(20-21-22-23)14-5-4-6-15(11-14)18(24)19-12-13-7-9-16(25-2)10-8-13/h4-11H,3,12H2,1-2H3,(H,19,24). The van der Waals surface area contributed by atoms with E-state index in [2.05, 4.69) is 20.8 Å². The van der Waals surface area contributed by atoms with Crippen LogP contribution in [0.4, 0.5) is 0 Å². The molecule has 0 unspecified atom stereocenters. The number of benzene rings is 2. The molecule has 25 heavy (non-hydrogen) atoms. The van der Waals surface area contributed by atoms with E-state index in [1.54, 1.807) is 23.9 Å². The Labute approximate surface area is 145 Å². The lowest BCUT2D eigenvalue weighted by Crippen LogP contribution is -2.22. The lowest BCUT2D eigenvalue weighted by Gasteiger charge is -2.08. The molecule has 3 aromatic rings. The first-order valence-corrected chi connectivity index (χ1v) is 7.99. The van der Waals surface area contributed by atoms with Crippen molar-refractivity contribution in [1.29, 1.82) is 0 Å². The van der Waals surface area contributed by atoms with Crippen LogP contribution < -0.4 is 10.1 Å². The Morgan fingerprint density at radius 1 is 1.20 bits per heavy atom. The van der Waals surface area contributed by atoms with E-state index in [1.165, 1.54) is 0 Å². The van der Waals surface area contributed by atoms with E-state index in [0.717, 1.165) is 16.9 Å². The van der Waals surface area contributed by atoms with Crippen molar-refractivity contribution in [2.24, 2.45) is 0 Å². The second-order valence-corrected chi connectivity index (χ2v) is 5.43. The summed E-state index contributed by atoms with van der Waals surface area (Å²) in [7, 11) is 1.62. The van der Waals surface area contributed by atoms with Gasteiger partial charge in [0.1, 0.15) is 5.75 Å². The van der Waals surface area contributed by atoms with E-state index in [4.69, 9.17) is 4.74 Å². The SMILES string of the molecule is CCn1nnnc1-c1cccc(C(=O)NCc2ccc(OC)cc2)c1. The van der Waals surface area contributed by atoms with E-state index in [0.29, 0.717) is 24.5 Å². The van der Waals surface area contributed by atoms with Gasteiger partial charge in [0.15, 0.2) is 5.82 Å². The van der Waals surface area contributed by atoms with E-state index in [-0.39, 0.29) is 5.91 Å². The summed E-state index contributed by atoms with van der Waals surface area (Å²) in [6, 6.07) is 14.9. The van der Waals surface area contributed by atoms with Crippen molar-refractivity contribution in [3.8, 4) is 17.1 Å². The monoisotopic (exact) mass is 337 g/mol. The largest absolute Gasteiger partial charge is 0.497 e. The summed E-state index contributed by atoms with van der Waals surface area (Å²) in [5.41, 5.74) is 2.38. The number of nitrogens with zero attached hydrogens (tertiary/aromatic N) is 4. The number of ether oxygens (including phenoxy) is 1. The lowest BCUT2D eigenvalue weighted by atomic mass is 10.1. The number of aryl methyl sites for hydroxylation is 1. The number of carbonyl (C=O) groups is 1. The average Bonchev–Trinajstić information content (AvgIpc) is 3.15. The van der Waals surface area contributed by atoms with Crippen molar-refractivity contribution in [2.45, 2.75) is 20.0 Å². The molecule has 7 heteroatoms. The molecule has 0 aliphatic carbocycles. The van der Waals surface area contributed by atoms with Gasteiger partial charge in [0.05, 0.1) is 7.11 Å². The Hall–Kier alpha value is -3.22. The summed E-state index contributed by atoms with van der Waals surface area (Å²) < 4.78 is 6.81. The second-order valence-electron chi connectivity index (χ2n) is 5.43. The Kier molecular flexibility index (Phi) is 5.03. The van der Waals surface area contributed by atoms with Crippen molar-refractivity contribution in [3.63, 3.8) is 0 Å². The molecule has 1 aromatic heterocycles. The number of tetrazole rings is 1. The molecular formula is C18H19N5O2. The molecule has 1 amide bonds. The number of amides is 1. The molecule has 0 spiro atoms. The van der Waals surface area contributed by atoms with Crippen LogP contribution in [0.15, 0.2) is 48.5 Å². The van der Waals surface area contributed by atoms with Gasteiger partial charge in [0.2, 0.25) is 0 Å². The summed E-state index contributed by atoms with van der Waals surface area (Å²) in [5.74, 6) is 1.29. The Morgan fingerprint density at radius 3 is 2.72 bits per heavy atom. The Bertz CT molecular complexity index is 858. The average molecular weight is 337 g/mol. The van der Waals surface area contributed by atoms with Gasteiger partial charge in [-0.3, -0.25) is 4.79 Å². The zero-order chi connectivity index (χ0) is 17.6. The Balaban J connectivity index is 1.71. The highest BCUT2D eigenvalue weighted by Gasteiger charge is 2.11. The summed E-state index contributed by atoms with van der Waals surface area (Å²) in [5, 5.41) is 14.5. The van der Waals surface area contributed by atoms with E-state index in [1.807, 2.05) is 43.3 Å². The van der Waals surface area contributed by atoms with Crippen molar-refractivity contribution in [2.75, 3.05) is 7.11 Å². The van der Waals surface area contributed by atoms with Gasteiger partial charge in [-0.2, -0.15) is 0 Å². The summed E-state index contributed by atoms with van der Waals surface area (Å²) in [6.45, 7) is 3.07. The molecule has 128 valence electrons. The fourth-order valence-corrected chi connectivity index (χ4v) is 2.45. The van der Waals surface area contributed by atoms with Crippen LogP contribution >= 0.6 is 0 Å². The predicted octanol–water partition coefficient (Wildman–Crippen LogP) is 2.30. The van der Waals surface area contributed by atoms with Crippen LogP contribution in [0.1, 0.15) is 22.8 Å². The lowest BCUT2D eigenvalue weighted by molar-refractivity contribution is 0.0951. The van der Waals surface area contributed by atoms with E-state index in [9.17, 15) is 4.79 Å². The summed E-state index contributed by atoms with van der Waals surface area (Å²) in [4.78, 5) is 12.4. The molecule has 3 rings (SSSR count). The van der Waals surface area contributed by atoms with Gasteiger partial charge in [-0.25, -0.2) is 4.68 Å². The molecule has 0 aliphatic rings. The van der Waals surface area contributed by atoms with Gasteiger partial charge in [-0.05, 0) is 47.2 Å². The van der Waals surface area contributed by atoms with Gasteiger partial charge in [0, 0.05) is 24.2 Å². The molecule has 0 bridgehead atoms. The summed E-state index contributed by atoms with van der Waals surface area (Å²) >= 11 is 0. The molecule has 1 N–H and O–H groups in total. The minimum absolute atomic E-state index is 0.145. The fraction of sp³-hybridized carbons (Fsp3) is 0.222. The number of rotatable bonds is 6. The zero-order valence-electron chi connectivity index (χ0n) is 14.1. The molecule has 0 saturated carbocycles. The highest BCUT2D eigenvalue weighted by molar-refractivity contribution is 5.95. The maximum atomic E-state index is 12.4. The van der Waals surface area contributed by atoms with Crippen LogP contribution in [-0.2, 0) is 13.1 Å². The Morgan fingerprint density at radius 2 is 2.00 bits per heavy atom. The molecule has 0 atom stereocenters. The van der Waals surface area contributed by atoms with Crippen LogP contribution in [0, 0.1) is 0 Å². The second kappa shape index (κ2) is 7.57. The molecule has 2 aromatic carbocycles. The van der Waals surface area contributed by atoms with Crippen LogP contribution in [0.5, 0.6) is 5.75 Å². The third-order valence-electron chi connectivity index (χ3n) is 3.83. The van der Waals surface area contributed by atoms with Crippen molar-refractivity contribution < 1.29 is 9.53 Å². The van der Waals surface area contributed by atoms with E-state index < -0.39 is 0 Å². The van der Waals surface area contributed by atoms with Gasteiger partial charge < -0.3 is 10.1 Å². The predicted molar refractivity (Wildman–Crippen MR) is 93.1 cm³/mol. The normalized spacial score (nSPS) is 10.5. The number of methoxy groups -OCH3 is 1. The van der Waals surface area contributed by atoms with Gasteiger partial charge >= 0.3 is 0 Å². The van der Waals surface area contributed by atoms with Gasteiger partial charge in [0.25, 0.3) is 5.91 Å².